The lowest BCUT2D eigenvalue weighted by atomic mass is 10.2. The van der Waals surface area contributed by atoms with Gasteiger partial charge in [-0.1, -0.05) is 6.08 Å². The fraction of sp³-hybridized carbons (Fsp3) is 0.500. The van der Waals surface area contributed by atoms with E-state index < -0.39 is 12.1 Å². The molecule has 0 bridgehead atoms. The summed E-state index contributed by atoms with van der Waals surface area (Å²) in [6.45, 7) is 0.652. The molecule has 1 amide bonds. The van der Waals surface area contributed by atoms with Crippen LogP contribution < -0.4 is 0 Å². The third-order valence-corrected chi connectivity index (χ3v) is 1.99. The molecule has 0 atom stereocenters. The fourth-order valence-electron chi connectivity index (χ4n) is 1.25. The van der Waals surface area contributed by atoms with Gasteiger partial charge in [0.1, 0.15) is 0 Å². The van der Waals surface area contributed by atoms with Crippen LogP contribution in [0.25, 0.3) is 0 Å². The van der Waals surface area contributed by atoms with Crippen LogP contribution >= 0.6 is 0 Å². The molecule has 0 fully saturated rings. The molecule has 72 valence electrons. The Morgan fingerprint density at radius 2 is 2.00 bits per heavy atom. The minimum atomic E-state index is -0.986. The highest BCUT2D eigenvalue weighted by atomic mass is 16.4. The van der Waals surface area contributed by atoms with Gasteiger partial charge in [0, 0.05) is 18.7 Å². The maximum Gasteiger partial charge on any atom is 0.407 e. The Morgan fingerprint density at radius 1 is 1.31 bits per heavy atom. The third-order valence-electron chi connectivity index (χ3n) is 1.99. The molecule has 0 saturated carbocycles. The molecule has 1 heterocycles. The summed E-state index contributed by atoms with van der Waals surface area (Å²) in [6.07, 6.45) is 1.38. The van der Waals surface area contributed by atoms with E-state index in [2.05, 4.69) is 0 Å². The second kappa shape index (κ2) is 3.93. The zero-order valence-electron chi connectivity index (χ0n) is 7.06. The average Bonchev–Trinajstić information content (AvgIpc) is 2.27. The van der Waals surface area contributed by atoms with Crippen molar-refractivity contribution in [2.75, 3.05) is 13.1 Å². The first kappa shape index (κ1) is 9.57. The van der Waals surface area contributed by atoms with Gasteiger partial charge in [0.05, 0.1) is 0 Å². The maximum atomic E-state index is 10.5. The first-order valence-corrected chi connectivity index (χ1v) is 4.01. The fourth-order valence-corrected chi connectivity index (χ4v) is 1.25. The standard InChI is InChI=1S/C8H11NO4/c10-7(11)6-2-1-4-9(5-3-6)8(12)13/h2H,1,3-5H2,(H,10,11)(H,12,13). The van der Waals surface area contributed by atoms with E-state index in [1.165, 1.54) is 4.90 Å². The molecule has 0 aliphatic carbocycles. The largest absolute Gasteiger partial charge is 0.478 e. The molecule has 5 nitrogen and oxygen atoms in total. The minimum absolute atomic E-state index is 0.271. The Labute approximate surface area is 75.3 Å². The van der Waals surface area contributed by atoms with Gasteiger partial charge in [0.25, 0.3) is 0 Å². The Balaban J connectivity index is 2.58. The summed E-state index contributed by atoms with van der Waals surface area (Å²) < 4.78 is 0. The lowest BCUT2D eigenvalue weighted by molar-refractivity contribution is -0.132. The van der Waals surface area contributed by atoms with Crippen molar-refractivity contribution in [2.45, 2.75) is 12.8 Å². The van der Waals surface area contributed by atoms with Crippen LogP contribution in [-0.2, 0) is 4.79 Å². The van der Waals surface area contributed by atoms with Crippen LogP contribution in [0, 0.1) is 0 Å². The molecular weight excluding hydrogens is 174 g/mol. The van der Waals surface area contributed by atoms with E-state index >= 15 is 0 Å². The number of hydrogen-bond donors (Lipinski definition) is 2. The van der Waals surface area contributed by atoms with E-state index in [-0.39, 0.29) is 6.54 Å². The van der Waals surface area contributed by atoms with Crippen LogP contribution in [0.3, 0.4) is 0 Å². The average molecular weight is 185 g/mol. The van der Waals surface area contributed by atoms with Gasteiger partial charge in [-0.2, -0.15) is 0 Å². The Morgan fingerprint density at radius 3 is 2.54 bits per heavy atom. The van der Waals surface area contributed by atoms with E-state index in [4.69, 9.17) is 10.2 Å². The zero-order valence-corrected chi connectivity index (χ0v) is 7.06. The molecule has 0 aromatic carbocycles. The highest BCUT2D eigenvalue weighted by molar-refractivity contribution is 5.86. The van der Waals surface area contributed by atoms with Crippen LogP contribution in [0.2, 0.25) is 0 Å². The lowest BCUT2D eigenvalue weighted by Gasteiger charge is -2.15. The van der Waals surface area contributed by atoms with E-state index in [0.717, 1.165) is 0 Å². The normalized spacial score (nSPS) is 17.5. The molecule has 13 heavy (non-hydrogen) atoms. The molecule has 0 radical (unpaired) electrons. The number of carbonyl (C=O) groups is 2. The zero-order chi connectivity index (χ0) is 9.84. The molecular formula is C8H11NO4. The molecule has 0 aromatic rings. The van der Waals surface area contributed by atoms with Gasteiger partial charge in [-0.15, -0.1) is 0 Å². The van der Waals surface area contributed by atoms with Crippen LogP contribution in [0.4, 0.5) is 4.79 Å². The van der Waals surface area contributed by atoms with E-state index in [1.54, 1.807) is 6.08 Å². The quantitative estimate of drug-likeness (QED) is 0.632. The lowest BCUT2D eigenvalue weighted by Crippen LogP contribution is -2.30. The van der Waals surface area contributed by atoms with Crippen molar-refractivity contribution in [1.82, 2.24) is 4.90 Å². The highest BCUT2D eigenvalue weighted by Gasteiger charge is 2.17. The maximum absolute atomic E-state index is 10.5. The van der Waals surface area contributed by atoms with Crippen molar-refractivity contribution in [3.63, 3.8) is 0 Å². The van der Waals surface area contributed by atoms with Gasteiger partial charge in [-0.25, -0.2) is 9.59 Å². The van der Waals surface area contributed by atoms with Crippen molar-refractivity contribution in [3.05, 3.63) is 11.6 Å². The predicted octanol–water partition coefficient (Wildman–Crippen LogP) is 0.771. The molecule has 1 aliphatic heterocycles. The van der Waals surface area contributed by atoms with Crippen molar-refractivity contribution in [2.24, 2.45) is 0 Å². The summed E-state index contributed by atoms with van der Waals surface area (Å²) in [7, 11) is 0. The van der Waals surface area contributed by atoms with Gasteiger partial charge in [0.2, 0.25) is 0 Å². The molecule has 5 heteroatoms. The van der Waals surface area contributed by atoms with Crippen molar-refractivity contribution in [1.29, 1.82) is 0 Å². The Hall–Kier alpha value is -1.52. The number of aliphatic carboxylic acids is 1. The Kier molecular flexibility index (Phi) is 2.89. The van der Waals surface area contributed by atoms with Crippen molar-refractivity contribution >= 4 is 12.1 Å². The first-order chi connectivity index (χ1) is 6.11. The van der Waals surface area contributed by atoms with Gasteiger partial charge >= 0.3 is 12.1 Å². The summed E-state index contributed by atoms with van der Waals surface area (Å²) in [5, 5.41) is 17.3. The predicted molar refractivity (Wildman–Crippen MR) is 44.6 cm³/mol. The number of carboxylic acid groups (broad SMARTS) is 2. The summed E-state index contributed by atoms with van der Waals surface area (Å²) in [5.74, 6) is -0.952. The van der Waals surface area contributed by atoms with E-state index in [0.29, 0.717) is 25.0 Å². The Bertz CT molecular complexity index is 259. The number of nitrogens with zero attached hydrogens (tertiary/aromatic N) is 1. The van der Waals surface area contributed by atoms with Crippen LogP contribution in [0.1, 0.15) is 12.8 Å². The first-order valence-electron chi connectivity index (χ1n) is 4.01. The summed E-state index contributed by atoms with van der Waals surface area (Å²) in [6, 6.07) is 0. The van der Waals surface area contributed by atoms with Crippen LogP contribution in [0.5, 0.6) is 0 Å². The molecule has 0 saturated heterocycles. The van der Waals surface area contributed by atoms with Crippen molar-refractivity contribution in [3.8, 4) is 0 Å². The second-order valence-corrected chi connectivity index (χ2v) is 2.84. The molecule has 2 N–H and O–H groups in total. The van der Waals surface area contributed by atoms with Gasteiger partial charge in [0.15, 0.2) is 0 Å². The number of hydrogen-bond acceptors (Lipinski definition) is 2. The molecule has 1 rings (SSSR count). The molecule has 0 aromatic heterocycles. The van der Waals surface area contributed by atoms with Crippen molar-refractivity contribution < 1.29 is 19.8 Å². The second-order valence-electron chi connectivity index (χ2n) is 2.84. The van der Waals surface area contributed by atoms with Crippen LogP contribution in [0.15, 0.2) is 11.6 Å². The number of rotatable bonds is 1. The van der Waals surface area contributed by atoms with Gasteiger partial charge in [-0.05, 0) is 12.8 Å². The van der Waals surface area contributed by atoms with Gasteiger partial charge in [-0.3, -0.25) is 0 Å². The van der Waals surface area contributed by atoms with E-state index in [9.17, 15) is 9.59 Å². The molecule has 0 unspecified atom stereocenters. The van der Waals surface area contributed by atoms with E-state index in [1.807, 2.05) is 0 Å². The summed E-state index contributed by atoms with van der Waals surface area (Å²) >= 11 is 0. The summed E-state index contributed by atoms with van der Waals surface area (Å²) in [5.41, 5.74) is 0.309. The molecule has 1 aliphatic rings. The topological polar surface area (TPSA) is 77.8 Å². The number of carboxylic acids is 1. The van der Waals surface area contributed by atoms with Crippen LogP contribution in [-0.4, -0.2) is 40.3 Å². The third kappa shape index (κ3) is 2.47. The minimum Gasteiger partial charge on any atom is -0.478 e. The smallest absolute Gasteiger partial charge is 0.407 e. The SMILES string of the molecule is O=C(O)C1=CCCN(C(=O)O)CC1. The summed E-state index contributed by atoms with van der Waals surface area (Å²) in [4.78, 5) is 22.3. The molecule has 0 spiro atoms. The monoisotopic (exact) mass is 185 g/mol. The number of amides is 1. The van der Waals surface area contributed by atoms with Gasteiger partial charge < -0.3 is 15.1 Å². The highest BCUT2D eigenvalue weighted by Crippen LogP contribution is 2.10.